The number of fused-ring (bicyclic) bond motifs is 1. The van der Waals surface area contributed by atoms with E-state index < -0.39 is 5.97 Å². The number of carbonyl (C=O) groups is 1. The number of aryl methyl sites for hydroxylation is 1. The second kappa shape index (κ2) is 8.65. The molecule has 1 aliphatic rings. The van der Waals surface area contributed by atoms with E-state index >= 15 is 0 Å². The highest BCUT2D eigenvalue weighted by Crippen LogP contribution is 2.47. The summed E-state index contributed by atoms with van der Waals surface area (Å²) in [6, 6.07) is 12.1. The first-order valence-electron chi connectivity index (χ1n) is 11.6. The van der Waals surface area contributed by atoms with E-state index in [1.54, 1.807) is 12.1 Å². The Bertz CT molecular complexity index is 988. The molecule has 3 rings (SSSR count). The maximum Gasteiger partial charge on any atom is 0.335 e. The summed E-state index contributed by atoms with van der Waals surface area (Å²) in [7, 11) is 0. The lowest BCUT2D eigenvalue weighted by molar-refractivity contribution is 0.0697. The summed E-state index contributed by atoms with van der Waals surface area (Å²) in [6.45, 7) is 16.3. The molecule has 0 fully saturated rings. The van der Waals surface area contributed by atoms with Gasteiger partial charge in [0.1, 0.15) is 0 Å². The molecule has 2 heteroatoms. The summed E-state index contributed by atoms with van der Waals surface area (Å²) >= 11 is 0. The molecule has 0 unspecified atom stereocenters. The first-order chi connectivity index (χ1) is 14.4. The van der Waals surface area contributed by atoms with Crippen molar-refractivity contribution >= 4 is 17.6 Å². The molecule has 166 valence electrons. The highest BCUT2D eigenvalue weighted by atomic mass is 16.4. The second-order valence-corrected chi connectivity index (χ2v) is 11.0. The van der Waals surface area contributed by atoms with Crippen LogP contribution in [-0.4, -0.2) is 11.1 Å². The van der Waals surface area contributed by atoms with Crippen molar-refractivity contribution in [1.82, 2.24) is 0 Å². The van der Waals surface area contributed by atoms with Gasteiger partial charge in [-0.3, -0.25) is 0 Å². The van der Waals surface area contributed by atoms with Gasteiger partial charge in [0.25, 0.3) is 0 Å². The normalized spacial score (nSPS) is 17.5. The molecule has 31 heavy (non-hydrogen) atoms. The smallest absolute Gasteiger partial charge is 0.335 e. The Hall–Kier alpha value is -2.35. The summed E-state index contributed by atoms with van der Waals surface area (Å²) in [4.78, 5) is 11.2. The van der Waals surface area contributed by atoms with Crippen molar-refractivity contribution in [3.05, 3.63) is 69.8 Å². The van der Waals surface area contributed by atoms with Crippen LogP contribution in [-0.2, 0) is 17.3 Å². The number of benzene rings is 2. The Kier molecular flexibility index (Phi) is 6.51. The summed E-state index contributed by atoms with van der Waals surface area (Å²) in [5, 5.41) is 9.16. The minimum Gasteiger partial charge on any atom is -0.478 e. The average molecular weight is 419 g/mol. The van der Waals surface area contributed by atoms with Crippen molar-refractivity contribution in [2.24, 2.45) is 5.92 Å². The van der Waals surface area contributed by atoms with Gasteiger partial charge in [-0.05, 0) is 94.9 Å². The third-order valence-corrected chi connectivity index (χ3v) is 7.03. The first-order valence-corrected chi connectivity index (χ1v) is 11.6. The van der Waals surface area contributed by atoms with E-state index in [4.69, 9.17) is 5.11 Å². The van der Waals surface area contributed by atoms with Crippen molar-refractivity contribution in [2.45, 2.75) is 85.0 Å². The number of aromatic carboxylic acids is 1. The monoisotopic (exact) mass is 418 g/mol. The Morgan fingerprint density at radius 2 is 1.55 bits per heavy atom. The van der Waals surface area contributed by atoms with E-state index in [1.165, 1.54) is 47.1 Å². The fourth-order valence-corrected chi connectivity index (χ4v) is 4.73. The molecule has 0 bridgehead atoms. The molecule has 0 aliphatic heterocycles. The zero-order chi connectivity index (χ0) is 23.0. The molecule has 0 heterocycles. The van der Waals surface area contributed by atoms with E-state index in [9.17, 15) is 4.79 Å². The minimum absolute atomic E-state index is 0.180. The molecule has 0 radical (unpaired) electrons. The van der Waals surface area contributed by atoms with Crippen LogP contribution in [0.15, 0.2) is 36.4 Å². The Balaban J connectivity index is 2.11. The standard InChI is InChI=1S/C29H38O2/c1-19(2)8-11-23-17-25-26(29(6,7)15-14-28(25,4)5)18-24(23)20(3)16-21-9-12-22(13-10-21)27(30)31/h9-10,12-13,16-19H,8,11,14-15H2,1-7H3,(H,30,31). The maximum atomic E-state index is 11.2. The Morgan fingerprint density at radius 1 is 1.00 bits per heavy atom. The molecule has 2 aromatic rings. The number of rotatable bonds is 6. The number of hydrogen-bond acceptors (Lipinski definition) is 1. The SMILES string of the molecule is CC(=Cc1ccc(C(=O)O)cc1)c1cc2c(cc1CCC(C)C)C(C)(C)CCC2(C)C. The summed E-state index contributed by atoms with van der Waals surface area (Å²) in [5.74, 6) is -0.219. The van der Waals surface area contributed by atoms with Crippen LogP contribution < -0.4 is 0 Å². The van der Waals surface area contributed by atoms with Crippen LogP contribution >= 0.6 is 0 Å². The second-order valence-electron chi connectivity index (χ2n) is 11.0. The topological polar surface area (TPSA) is 37.3 Å². The molecule has 0 atom stereocenters. The van der Waals surface area contributed by atoms with E-state index in [-0.39, 0.29) is 10.8 Å². The predicted molar refractivity (Wildman–Crippen MR) is 132 cm³/mol. The third kappa shape index (κ3) is 5.11. The van der Waals surface area contributed by atoms with Crippen LogP contribution in [0.2, 0.25) is 0 Å². The number of hydrogen-bond donors (Lipinski definition) is 1. The fourth-order valence-electron chi connectivity index (χ4n) is 4.73. The summed E-state index contributed by atoms with van der Waals surface area (Å²) < 4.78 is 0. The van der Waals surface area contributed by atoms with Gasteiger partial charge in [0, 0.05) is 0 Å². The Morgan fingerprint density at radius 3 is 2.06 bits per heavy atom. The molecule has 0 spiro atoms. The van der Waals surface area contributed by atoms with Crippen LogP contribution in [0.5, 0.6) is 0 Å². The van der Waals surface area contributed by atoms with Gasteiger partial charge < -0.3 is 5.11 Å². The van der Waals surface area contributed by atoms with Crippen molar-refractivity contribution in [3.63, 3.8) is 0 Å². The zero-order valence-corrected chi connectivity index (χ0v) is 20.3. The minimum atomic E-state index is -0.886. The first kappa shape index (κ1) is 23.3. The van der Waals surface area contributed by atoms with E-state index in [0.717, 1.165) is 12.0 Å². The molecule has 1 N–H and O–H groups in total. The van der Waals surface area contributed by atoms with Crippen LogP contribution in [0.4, 0.5) is 0 Å². The number of carboxylic acid groups (broad SMARTS) is 1. The molecule has 0 aromatic heterocycles. The maximum absolute atomic E-state index is 11.2. The molecule has 2 aromatic carbocycles. The average Bonchev–Trinajstić information content (AvgIpc) is 2.69. The summed E-state index contributed by atoms with van der Waals surface area (Å²) in [5.41, 5.74) is 8.77. The lowest BCUT2D eigenvalue weighted by Crippen LogP contribution is -2.34. The van der Waals surface area contributed by atoms with Crippen LogP contribution in [0, 0.1) is 5.92 Å². The van der Waals surface area contributed by atoms with Gasteiger partial charge in [-0.15, -0.1) is 0 Å². The highest BCUT2D eigenvalue weighted by Gasteiger charge is 2.37. The largest absolute Gasteiger partial charge is 0.478 e. The fraction of sp³-hybridized carbons (Fsp3) is 0.483. The van der Waals surface area contributed by atoms with Gasteiger partial charge in [-0.25, -0.2) is 4.79 Å². The zero-order valence-electron chi connectivity index (χ0n) is 20.3. The van der Waals surface area contributed by atoms with Gasteiger partial charge in [-0.2, -0.15) is 0 Å². The molecule has 1 aliphatic carbocycles. The third-order valence-electron chi connectivity index (χ3n) is 7.03. The van der Waals surface area contributed by atoms with Gasteiger partial charge in [0.2, 0.25) is 0 Å². The van der Waals surface area contributed by atoms with E-state index in [2.05, 4.69) is 66.7 Å². The number of carboxylic acids is 1. The predicted octanol–water partition coefficient (Wildman–Crippen LogP) is 7.88. The van der Waals surface area contributed by atoms with Gasteiger partial charge in [0.05, 0.1) is 5.56 Å². The molecule has 0 saturated heterocycles. The van der Waals surface area contributed by atoms with Crippen LogP contribution in [0.25, 0.3) is 11.6 Å². The van der Waals surface area contributed by atoms with Crippen molar-refractivity contribution in [3.8, 4) is 0 Å². The molecular weight excluding hydrogens is 380 g/mol. The van der Waals surface area contributed by atoms with E-state index in [1.807, 2.05) is 12.1 Å². The van der Waals surface area contributed by atoms with Gasteiger partial charge in [0.15, 0.2) is 0 Å². The highest BCUT2D eigenvalue weighted by molar-refractivity contribution is 5.88. The van der Waals surface area contributed by atoms with Gasteiger partial charge in [-0.1, -0.05) is 71.9 Å². The number of allylic oxidation sites excluding steroid dienone is 1. The molecular formula is C29H38O2. The molecule has 0 saturated carbocycles. The Labute approximate surface area is 188 Å². The molecule has 0 amide bonds. The lowest BCUT2D eigenvalue weighted by Gasteiger charge is -2.42. The van der Waals surface area contributed by atoms with Crippen molar-refractivity contribution < 1.29 is 9.90 Å². The molecule has 2 nitrogen and oxygen atoms in total. The summed E-state index contributed by atoms with van der Waals surface area (Å²) in [6.07, 6.45) is 6.88. The van der Waals surface area contributed by atoms with E-state index in [0.29, 0.717) is 11.5 Å². The van der Waals surface area contributed by atoms with Crippen molar-refractivity contribution in [1.29, 1.82) is 0 Å². The van der Waals surface area contributed by atoms with Crippen LogP contribution in [0.1, 0.15) is 106 Å². The lowest BCUT2D eigenvalue weighted by atomic mass is 9.62. The van der Waals surface area contributed by atoms with Gasteiger partial charge >= 0.3 is 5.97 Å². The van der Waals surface area contributed by atoms with Crippen molar-refractivity contribution in [2.75, 3.05) is 0 Å². The van der Waals surface area contributed by atoms with Crippen LogP contribution in [0.3, 0.4) is 0 Å². The quantitative estimate of drug-likeness (QED) is 0.484.